The van der Waals surface area contributed by atoms with Crippen molar-refractivity contribution < 1.29 is 35.9 Å². The fourth-order valence-corrected chi connectivity index (χ4v) is 4.43. The molecule has 14 heteroatoms. The molecule has 1 heterocycles. The van der Waals surface area contributed by atoms with E-state index in [1.165, 1.54) is 25.1 Å². The number of nitrogens with zero attached hydrogens (tertiary/aromatic N) is 3. The first-order chi connectivity index (χ1) is 20.4. The van der Waals surface area contributed by atoms with Gasteiger partial charge < -0.3 is 16.2 Å². The Balaban J connectivity index is 1.87. The normalized spacial score (nSPS) is 12.7. The Kier molecular flexibility index (Phi) is 8.42. The summed E-state index contributed by atoms with van der Waals surface area (Å²) < 4.78 is 83.5. The number of carbonyl (C=O) groups excluding carboxylic acids is 1. The minimum Gasteiger partial charge on any atom is -0.406 e. The van der Waals surface area contributed by atoms with Gasteiger partial charge in [-0.2, -0.15) is 18.3 Å². The first kappa shape index (κ1) is 31.9. The maximum Gasteiger partial charge on any atom is 0.573 e. The Morgan fingerprint density at radius 1 is 0.932 bits per heavy atom. The Morgan fingerprint density at radius 3 is 2.11 bits per heavy atom. The van der Waals surface area contributed by atoms with Gasteiger partial charge in [-0.15, -0.1) is 13.2 Å². The number of carbonyl (C=O) groups is 1. The third-order valence-electron chi connectivity index (χ3n) is 6.98. The minimum atomic E-state index is -4.90. The van der Waals surface area contributed by atoms with Crippen molar-refractivity contribution in [2.75, 3.05) is 5.01 Å². The molecule has 0 saturated carbocycles. The minimum absolute atomic E-state index is 0.103. The molecule has 6 N–H and O–H groups in total. The average Bonchev–Trinajstić information content (AvgIpc) is 3.35. The van der Waals surface area contributed by atoms with E-state index in [9.17, 15) is 31.1 Å². The van der Waals surface area contributed by atoms with Gasteiger partial charge in [0.1, 0.15) is 5.75 Å². The highest BCUT2D eigenvalue weighted by molar-refractivity contribution is 5.87. The van der Waals surface area contributed by atoms with Gasteiger partial charge in [0.05, 0.1) is 22.5 Å². The lowest BCUT2D eigenvalue weighted by atomic mass is 9.82. The lowest BCUT2D eigenvalue weighted by Crippen LogP contribution is -2.35. The molecule has 4 aromatic rings. The maximum atomic E-state index is 13.5. The number of hydrogen-bond acceptors (Lipinski definition) is 6. The third kappa shape index (κ3) is 6.64. The van der Waals surface area contributed by atoms with Crippen LogP contribution in [0.15, 0.2) is 79.0 Å². The van der Waals surface area contributed by atoms with Gasteiger partial charge >= 0.3 is 12.5 Å². The Hall–Kier alpha value is -4.98. The van der Waals surface area contributed by atoms with E-state index in [0.717, 1.165) is 34.1 Å². The molecular formula is C30H28F6N6O2. The van der Waals surface area contributed by atoms with E-state index in [-0.39, 0.29) is 28.3 Å². The van der Waals surface area contributed by atoms with Crippen molar-refractivity contribution in [2.24, 2.45) is 17.3 Å². The van der Waals surface area contributed by atoms with E-state index in [1.54, 1.807) is 50.2 Å². The second-order valence-electron chi connectivity index (χ2n) is 10.3. The summed E-state index contributed by atoms with van der Waals surface area (Å²) >= 11 is 0. The standard InChI is InChI=1S/C30H28F6N6O2/c1-17-13-26(29(31,32)33)40-42(17)23-12-9-20(19-5-4-6-21(14-19)28(2,3)27(38)43)15-24(23)41(39)25(16-37)18-7-10-22(11-8-18)44-30(34,35)36/h4-16H,37,39H2,1-3H3,(H2,38,43)/b25-16-. The highest BCUT2D eigenvalue weighted by atomic mass is 19.4. The van der Waals surface area contributed by atoms with Crippen molar-refractivity contribution in [3.8, 4) is 22.6 Å². The van der Waals surface area contributed by atoms with Gasteiger partial charge in [-0.25, -0.2) is 10.5 Å². The second kappa shape index (κ2) is 11.6. The molecule has 8 nitrogen and oxygen atoms in total. The number of nitrogens with two attached hydrogens (primary N) is 3. The number of hydrazine groups is 1. The Morgan fingerprint density at radius 2 is 1.57 bits per heavy atom. The van der Waals surface area contributed by atoms with Crippen molar-refractivity contribution in [2.45, 2.75) is 38.7 Å². The van der Waals surface area contributed by atoms with E-state index < -0.39 is 35.3 Å². The SMILES string of the molecule is Cc1cc(C(F)(F)F)nn1-c1ccc(-c2cccc(C(C)(C)C(N)=O)c2)cc1N(N)/C(=C\N)c1ccc(OC(F)(F)F)cc1. The number of rotatable bonds is 8. The van der Waals surface area contributed by atoms with E-state index in [1.807, 2.05) is 0 Å². The molecule has 232 valence electrons. The van der Waals surface area contributed by atoms with E-state index in [4.69, 9.17) is 17.3 Å². The molecule has 0 unspecified atom stereocenters. The molecule has 0 spiro atoms. The first-order valence-electron chi connectivity index (χ1n) is 12.9. The lowest BCUT2D eigenvalue weighted by Gasteiger charge is -2.26. The molecule has 0 aliphatic heterocycles. The number of anilines is 1. The van der Waals surface area contributed by atoms with Gasteiger partial charge in [-0.05, 0) is 79.9 Å². The number of primary amides is 1. The maximum absolute atomic E-state index is 13.5. The fourth-order valence-electron chi connectivity index (χ4n) is 4.43. The quantitative estimate of drug-likeness (QED) is 0.123. The summed E-state index contributed by atoms with van der Waals surface area (Å²) in [5.74, 6) is 5.52. The summed E-state index contributed by atoms with van der Waals surface area (Å²) in [7, 11) is 0. The molecule has 0 bridgehead atoms. The summed E-state index contributed by atoms with van der Waals surface area (Å²) in [5, 5.41) is 4.84. The highest BCUT2D eigenvalue weighted by Gasteiger charge is 2.35. The molecule has 1 aromatic heterocycles. The van der Waals surface area contributed by atoms with Crippen LogP contribution in [-0.4, -0.2) is 22.1 Å². The van der Waals surface area contributed by atoms with Crippen LogP contribution in [0, 0.1) is 6.92 Å². The van der Waals surface area contributed by atoms with Crippen LogP contribution < -0.4 is 27.1 Å². The van der Waals surface area contributed by atoms with E-state index in [0.29, 0.717) is 16.7 Å². The van der Waals surface area contributed by atoms with Crippen molar-refractivity contribution in [3.05, 3.63) is 102 Å². The van der Waals surface area contributed by atoms with Crippen LogP contribution in [-0.2, 0) is 16.4 Å². The fraction of sp³-hybridized carbons (Fsp3) is 0.200. The number of ether oxygens (including phenoxy) is 1. The molecule has 4 rings (SSSR count). The number of benzene rings is 3. The molecule has 3 aromatic carbocycles. The molecule has 0 atom stereocenters. The van der Waals surface area contributed by atoms with Crippen molar-refractivity contribution >= 4 is 17.3 Å². The molecular weight excluding hydrogens is 590 g/mol. The van der Waals surface area contributed by atoms with Crippen molar-refractivity contribution in [1.82, 2.24) is 9.78 Å². The van der Waals surface area contributed by atoms with Gasteiger partial charge in [0, 0.05) is 17.5 Å². The molecule has 0 aliphatic carbocycles. The van der Waals surface area contributed by atoms with Crippen molar-refractivity contribution in [1.29, 1.82) is 0 Å². The zero-order valence-electron chi connectivity index (χ0n) is 23.7. The topological polar surface area (TPSA) is 125 Å². The Bertz CT molecular complexity index is 1710. The second-order valence-corrected chi connectivity index (χ2v) is 10.3. The molecule has 1 amide bonds. The number of halogens is 6. The number of amides is 1. The Labute approximate surface area is 248 Å². The van der Waals surface area contributed by atoms with Gasteiger partial charge in [0.2, 0.25) is 5.91 Å². The molecule has 0 fully saturated rings. The van der Waals surface area contributed by atoms with Crippen LogP contribution in [0.4, 0.5) is 32.0 Å². The smallest absolute Gasteiger partial charge is 0.406 e. The van der Waals surface area contributed by atoms with E-state index >= 15 is 0 Å². The van der Waals surface area contributed by atoms with Gasteiger partial charge in [0.15, 0.2) is 5.69 Å². The number of hydrogen-bond donors (Lipinski definition) is 3. The predicted molar refractivity (Wildman–Crippen MR) is 153 cm³/mol. The first-order valence-corrected chi connectivity index (χ1v) is 12.9. The van der Waals surface area contributed by atoms with Crippen LogP contribution >= 0.6 is 0 Å². The van der Waals surface area contributed by atoms with Gasteiger partial charge in [-0.1, -0.05) is 30.3 Å². The van der Waals surface area contributed by atoms with Gasteiger partial charge in [-0.3, -0.25) is 9.80 Å². The molecule has 0 aliphatic rings. The number of aromatic nitrogens is 2. The van der Waals surface area contributed by atoms with Gasteiger partial charge in [0.25, 0.3) is 0 Å². The summed E-state index contributed by atoms with van der Waals surface area (Å²) in [6.07, 6.45) is -8.51. The van der Waals surface area contributed by atoms with Crippen LogP contribution in [0.5, 0.6) is 5.75 Å². The summed E-state index contributed by atoms with van der Waals surface area (Å²) in [4.78, 5) is 12.1. The van der Waals surface area contributed by atoms with Crippen LogP contribution in [0.25, 0.3) is 22.5 Å². The van der Waals surface area contributed by atoms with Crippen LogP contribution in [0.1, 0.15) is 36.4 Å². The zero-order chi connectivity index (χ0) is 32.6. The molecule has 44 heavy (non-hydrogen) atoms. The zero-order valence-corrected chi connectivity index (χ0v) is 23.7. The third-order valence-corrected chi connectivity index (χ3v) is 6.98. The number of aryl methyl sites for hydroxylation is 1. The average molecular weight is 619 g/mol. The summed E-state index contributed by atoms with van der Waals surface area (Å²) in [6.45, 7) is 4.79. The lowest BCUT2D eigenvalue weighted by molar-refractivity contribution is -0.274. The van der Waals surface area contributed by atoms with Crippen LogP contribution in [0.2, 0.25) is 0 Å². The summed E-state index contributed by atoms with van der Waals surface area (Å²) in [5.41, 5.74) is 12.0. The molecule has 0 saturated heterocycles. The predicted octanol–water partition coefficient (Wildman–Crippen LogP) is 6.17. The highest BCUT2D eigenvalue weighted by Crippen LogP contribution is 2.37. The summed E-state index contributed by atoms with van der Waals surface area (Å²) in [6, 6.07) is 17.3. The van der Waals surface area contributed by atoms with E-state index in [2.05, 4.69) is 9.84 Å². The number of alkyl halides is 6. The van der Waals surface area contributed by atoms with Crippen molar-refractivity contribution in [3.63, 3.8) is 0 Å². The van der Waals surface area contributed by atoms with Crippen LogP contribution in [0.3, 0.4) is 0 Å². The largest absolute Gasteiger partial charge is 0.573 e. The monoisotopic (exact) mass is 618 g/mol. The molecule has 0 radical (unpaired) electrons.